The van der Waals surface area contributed by atoms with E-state index < -0.39 is 5.91 Å². The van der Waals surface area contributed by atoms with E-state index in [1.54, 1.807) is 30.5 Å². The minimum Gasteiger partial charge on any atom is -0.321 e. The van der Waals surface area contributed by atoms with Crippen molar-refractivity contribution in [1.29, 1.82) is 0 Å². The fourth-order valence-corrected chi connectivity index (χ4v) is 2.87. The summed E-state index contributed by atoms with van der Waals surface area (Å²) >= 11 is 0. The van der Waals surface area contributed by atoms with E-state index in [0.29, 0.717) is 16.8 Å². The Labute approximate surface area is 145 Å². The minimum absolute atomic E-state index is 0.242. The maximum Gasteiger partial charge on any atom is 0.267 e. The van der Waals surface area contributed by atoms with Crippen molar-refractivity contribution >= 4 is 23.6 Å². The number of carbonyl (C=O) groups excluding carboxylic acids is 2. The van der Waals surface area contributed by atoms with Crippen molar-refractivity contribution in [2.45, 2.75) is 25.7 Å². The van der Waals surface area contributed by atoms with Crippen molar-refractivity contribution in [3.8, 4) is 0 Å². The van der Waals surface area contributed by atoms with Gasteiger partial charge in [-0.15, -0.1) is 0 Å². The zero-order valence-electron chi connectivity index (χ0n) is 13.7. The van der Waals surface area contributed by atoms with Gasteiger partial charge in [0.05, 0.1) is 5.56 Å². The van der Waals surface area contributed by atoms with Gasteiger partial charge < -0.3 is 5.32 Å². The van der Waals surface area contributed by atoms with Crippen LogP contribution in [0, 0.1) is 0 Å². The van der Waals surface area contributed by atoms with Gasteiger partial charge in [0.15, 0.2) is 0 Å². The normalized spacial score (nSPS) is 13.3. The Balaban J connectivity index is 1.79. The number of amides is 2. The zero-order valence-corrected chi connectivity index (χ0v) is 13.7. The maximum atomic E-state index is 12.6. The molecule has 6 nitrogen and oxygen atoms in total. The molecule has 0 spiro atoms. The summed E-state index contributed by atoms with van der Waals surface area (Å²) in [5, 5.41) is 11.4. The Morgan fingerprint density at radius 1 is 1.16 bits per heavy atom. The monoisotopic (exact) mass is 337 g/mol. The molecule has 0 bridgehead atoms. The fraction of sp³-hybridized carbons (Fsp3) is 0.211. The largest absolute Gasteiger partial charge is 0.321 e. The van der Waals surface area contributed by atoms with Crippen LogP contribution in [0.15, 0.2) is 42.6 Å². The van der Waals surface area contributed by atoms with Crippen LogP contribution >= 0.6 is 0 Å². The molecule has 1 heterocycles. The number of hydrogen-bond donors (Lipinski definition) is 3. The average molecular weight is 337 g/mol. The maximum absolute atomic E-state index is 12.6. The topological polar surface area (TPSA) is 91.3 Å². The number of aromatic nitrogens is 1. The smallest absolute Gasteiger partial charge is 0.267 e. The molecule has 6 heteroatoms. The van der Waals surface area contributed by atoms with Gasteiger partial charge in [0.2, 0.25) is 0 Å². The highest BCUT2D eigenvalue weighted by molar-refractivity contribution is 6.05. The molecule has 0 unspecified atom stereocenters. The molecule has 1 aromatic heterocycles. The number of benzene rings is 1. The lowest BCUT2D eigenvalue weighted by molar-refractivity contribution is -0.124. The third-order valence-electron chi connectivity index (χ3n) is 4.17. The van der Waals surface area contributed by atoms with Crippen molar-refractivity contribution in [2.75, 3.05) is 5.32 Å². The number of rotatable bonds is 4. The highest BCUT2D eigenvalue weighted by Crippen LogP contribution is 2.22. The molecule has 0 fully saturated rings. The van der Waals surface area contributed by atoms with Crippen molar-refractivity contribution in [1.82, 2.24) is 10.5 Å². The second-order valence-corrected chi connectivity index (χ2v) is 5.89. The number of para-hydroxylation sites is 1. The molecule has 0 saturated heterocycles. The molecule has 3 rings (SSSR count). The molecule has 0 aliphatic heterocycles. The van der Waals surface area contributed by atoms with Crippen molar-refractivity contribution in [3.05, 3.63) is 65.0 Å². The summed E-state index contributed by atoms with van der Waals surface area (Å²) in [6.45, 7) is 0. The average Bonchev–Trinajstić information content (AvgIpc) is 2.66. The van der Waals surface area contributed by atoms with Crippen molar-refractivity contribution in [3.63, 3.8) is 0 Å². The van der Waals surface area contributed by atoms with Crippen molar-refractivity contribution < 1.29 is 14.8 Å². The van der Waals surface area contributed by atoms with Gasteiger partial charge in [0.1, 0.15) is 0 Å². The second-order valence-electron chi connectivity index (χ2n) is 5.89. The summed E-state index contributed by atoms with van der Waals surface area (Å²) in [7, 11) is 0. The first kappa shape index (κ1) is 16.9. The van der Waals surface area contributed by atoms with Gasteiger partial charge in [0, 0.05) is 23.7 Å². The SMILES string of the molecule is O=C(C=Cc1ccccc1NC(=O)c1cnc2c(c1)CCCC2)NO. The van der Waals surface area contributed by atoms with Gasteiger partial charge in [-0.3, -0.25) is 19.8 Å². The van der Waals surface area contributed by atoms with Gasteiger partial charge in [-0.05, 0) is 55.0 Å². The molecule has 1 aromatic carbocycles. The zero-order chi connectivity index (χ0) is 17.6. The first-order chi connectivity index (χ1) is 12.2. The Morgan fingerprint density at radius 2 is 1.96 bits per heavy atom. The lowest BCUT2D eigenvalue weighted by Crippen LogP contribution is -2.16. The van der Waals surface area contributed by atoms with Crippen LogP contribution in [0.4, 0.5) is 5.69 Å². The second kappa shape index (κ2) is 7.72. The Hall–Kier alpha value is -2.99. The number of anilines is 1. The quantitative estimate of drug-likeness (QED) is 0.454. The van der Waals surface area contributed by atoms with E-state index in [9.17, 15) is 9.59 Å². The van der Waals surface area contributed by atoms with E-state index in [4.69, 9.17) is 5.21 Å². The van der Waals surface area contributed by atoms with Gasteiger partial charge >= 0.3 is 0 Å². The molecule has 1 aliphatic rings. The molecule has 2 amide bonds. The molecular weight excluding hydrogens is 318 g/mol. The lowest BCUT2D eigenvalue weighted by atomic mass is 9.95. The lowest BCUT2D eigenvalue weighted by Gasteiger charge is -2.15. The number of aryl methyl sites for hydroxylation is 2. The van der Waals surface area contributed by atoms with E-state index in [2.05, 4.69) is 10.3 Å². The van der Waals surface area contributed by atoms with Crippen LogP contribution in [0.2, 0.25) is 0 Å². The van der Waals surface area contributed by atoms with Crippen LogP contribution in [0.1, 0.15) is 40.0 Å². The van der Waals surface area contributed by atoms with Crippen LogP contribution in [0.3, 0.4) is 0 Å². The summed E-state index contributed by atoms with van der Waals surface area (Å²) in [6.07, 6.45) is 8.51. The number of hydroxylamine groups is 1. The molecule has 2 aromatic rings. The Kier molecular flexibility index (Phi) is 5.20. The van der Waals surface area contributed by atoms with Gasteiger partial charge in [-0.2, -0.15) is 0 Å². The minimum atomic E-state index is -0.639. The summed E-state index contributed by atoms with van der Waals surface area (Å²) < 4.78 is 0. The first-order valence-electron chi connectivity index (χ1n) is 8.17. The number of fused-ring (bicyclic) bond motifs is 1. The molecule has 0 saturated carbocycles. The molecule has 0 radical (unpaired) electrons. The predicted molar refractivity (Wildman–Crippen MR) is 94.2 cm³/mol. The summed E-state index contributed by atoms with van der Waals surface area (Å²) in [4.78, 5) is 28.1. The Morgan fingerprint density at radius 3 is 2.80 bits per heavy atom. The fourth-order valence-electron chi connectivity index (χ4n) is 2.87. The van der Waals surface area contributed by atoms with E-state index in [0.717, 1.165) is 36.9 Å². The Bertz CT molecular complexity index is 830. The molecule has 3 N–H and O–H groups in total. The van der Waals surface area contributed by atoms with Crippen LogP contribution in [-0.4, -0.2) is 22.0 Å². The summed E-state index contributed by atoms with van der Waals surface area (Å²) in [5.74, 6) is -0.881. The third-order valence-corrected chi connectivity index (χ3v) is 4.17. The first-order valence-corrected chi connectivity index (χ1v) is 8.17. The van der Waals surface area contributed by atoms with Gasteiger partial charge in [0.25, 0.3) is 11.8 Å². The molecule has 25 heavy (non-hydrogen) atoms. The van der Waals surface area contributed by atoms with E-state index in [1.165, 1.54) is 17.6 Å². The number of carbonyl (C=O) groups is 2. The van der Waals surface area contributed by atoms with E-state index >= 15 is 0 Å². The van der Waals surface area contributed by atoms with Gasteiger partial charge in [-0.25, -0.2) is 5.48 Å². The molecular formula is C19H19N3O3. The number of pyridine rings is 1. The third kappa shape index (κ3) is 4.10. The number of nitrogens with one attached hydrogen (secondary N) is 2. The van der Waals surface area contributed by atoms with Crippen LogP contribution in [0.25, 0.3) is 6.08 Å². The van der Waals surface area contributed by atoms with Crippen molar-refractivity contribution in [2.24, 2.45) is 0 Å². The molecule has 0 atom stereocenters. The van der Waals surface area contributed by atoms with E-state index in [1.807, 2.05) is 6.07 Å². The van der Waals surface area contributed by atoms with Gasteiger partial charge in [-0.1, -0.05) is 18.2 Å². The van der Waals surface area contributed by atoms with Crippen LogP contribution in [0.5, 0.6) is 0 Å². The predicted octanol–water partition coefficient (Wildman–Crippen LogP) is 2.73. The van der Waals surface area contributed by atoms with E-state index in [-0.39, 0.29) is 5.91 Å². The molecule has 1 aliphatic carbocycles. The number of nitrogens with zero attached hydrogens (tertiary/aromatic N) is 1. The van der Waals surface area contributed by atoms with Crippen LogP contribution in [-0.2, 0) is 17.6 Å². The number of hydrogen-bond acceptors (Lipinski definition) is 4. The highest BCUT2D eigenvalue weighted by Gasteiger charge is 2.14. The highest BCUT2D eigenvalue weighted by atomic mass is 16.5. The van der Waals surface area contributed by atoms with Crippen LogP contribution < -0.4 is 10.8 Å². The summed E-state index contributed by atoms with van der Waals surface area (Å²) in [6, 6.07) is 9.02. The standard InChI is InChI=1S/C19H19N3O3/c23-18(22-25)10-9-13-5-1-4-8-17(13)21-19(24)15-11-14-6-2-3-7-16(14)20-12-15/h1,4-5,8-12,25H,2-3,6-7H2,(H,21,24)(H,22,23). The molecule has 128 valence electrons. The summed E-state index contributed by atoms with van der Waals surface area (Å²) in [5.41, 5.74) is 5.51.